The van der Waals surface area contributed by atoms with Gasteiger partial charge in [-0.3, -0.25) is 4.79 Å². The van der Waals surface area contributed by atoms with Gasteiger partial charge in [-0.25, -0.2) is 0 Å². The molecule has 0 aliphatic rings. The van der Waals surface area contributed by atoms with Crippen molar-refractivity contribution in [3.8, 4) is 11.8 Å². The van der Waals surface area contributed by atoms with Crippen molar-refractivity contribution >= 4 is 40.5 Å². The quantitative estimate of drug-likeness (QED) is 0.440. The van der Waals surface area contributed by atoms with Crippen molar-refractivity contribution in [2.45, 2.75) is 0 Å². The highest BCUT2D eigenvalue weighted by Gasteiger charge is 2.10. The fourth-order valence-electron chi connectivity index (χ4n) is 1.65. The molecule has 0 aliphatic heterocycles. The van der Waals surface area contributed by atoms with Crippen molar-refractivity contribution in [1.29, 1.82) is 5.26 Å². The second-order valence-corrected chi connectivity index (χ2v) is 5.28. The van der Waals surface area contributed by atoms with Gasteiger partial charge in [-0.2, -0.15) is 5.26 Å². The van der Waals surface area contributed by atoms with Crippen molar-refractivity contribution in [1.82, 2.24) is 0 Å². The van der Waals surface area contributed by atoms with Gasteiger partial charge in [-0.05, 0) is 42.5 Å². The summed E-state index contributed by atoms with van der Waals surface area (Å²) in [5.74, 6) is -0.506. The molecule has 0 unspecified atom stereocenters. The van der Waals surface area contributed by atoms with Gasteiger partial charge in [0.05, 0.1) is 10.7 Å². The molecule has 7 heteroatoms. The number of phenols is 1. The summed E-state index contributed by atoms with van der Waals surface area (Å²) in [7, 11) is 0. The zero-order valence-corrected chi connectivity index (χ0v) is 13.2. The van der Waals surface area contributed by atoms with Crippen LogP contribution in [0.2, 0.25) is 10.0 Å². The number of carbonyl (C=O) groups excluding carboxylic acids is 1. The fourth-order valence-corrected chi connectivity index (χ4v) is 2.11. The minimum atomic E-state index is -0.587. The average molecular weight is 348 g/mol. The van der Waals surface area contributed by atoms with E-state index in [1.54, 1.807) is 24.3 Å². The molecule has 0 radical (unpaired) electrons. The Hall–Kier alpha value is -2.68. The standard InChI is InChI=1S/C16H11Cl2N3O2/c17-11-1-6-15(14(18)7-11)20-9-10(8-19)16(23)21-12-2-4-13(22)5-3-12/h1-7,9,20,22H,(H,21,23)/b10-9-. The zero-order valence-electron chi connectivity index (χ0n) is 11.7. The number of hydrogen-bond donors (Lipinski definition) is 3. The number of carbonyl (C=O) groups is 1. The van der Waals surface area contributed by atoms with Gasteiger partial charge in [0.25, 0.3) is 5.91 Å². The molecule has 0 bridgehead atoms. The predicted octanol–water partition coefficient (Wildman–Crippen LogP) is 4.16. The maximum Gasteiger partial charge on any atom is 0.267 e. The molecule has 23 heavy (non-hydrogen) atoms. The van der Waals surface area contributed by atoms with Gasteiger partial charge in [-0.15, -0.1) is 0 Å². The molecule has 2 aromatic carbocycles. The first-order valence-electron chi connectivity index (χ1n) is 6.42. The van der Waals surface area contributed by atoms with Crippen LogP contribution in [0.3, 0.4) is 0 Å². The van der Waals surface area contributed by atoms with E-state index in [0.29, 0.717) is 21.4 Å². The number of phenolic OH excluding ortho intramolecular Hbond substituents is 1. The number of anilines is 2. The molecule has 0 saturated heterocycles. The molecule has 0 fully saturated rings. The topological polar surface area (TPSA) is 85.2 Å². The summed E-state index contributed by atoms with van der Waals surface area (Å²) in [5.41, 5.74) is 0.837. The Morgan fingerprint density at radius 1 is 1.17 bits per heavy atom. The molecule has 0 spiro atoms. The van der Waals surface area contributed by atoms with Crippen molar-refractivity contribution < 1.29 is 9.90 Å². The summed E-state index contributed by atoms with van der Waals surface area (Å²) in [6.45, 7) is 0. The number of amides is 1. The number of rotatable bonds is 4. The van der Waals surface area contributed by atoms with Crippen LogP contribution < -0.4 is 10.6 Å². The molecule has 0 saturated carbocycles. The van der Waals surface area contributed by atoms with E-state index >= 15 is 0 Å². The maximum atomic E-state index is 12.0. The number of hydrogen-bond acceptors (Lipinski definition) is 4. The van der Waals surface area contributed by atoms with Crippen molar-refractivity contribution in [2.24, 2.45) is 0 Å². The zero-order chi connectivity index (χ0) is 16.8. The van der Waals surface area contributed by atoms with E-state index in [0.717, 1.165) is 0 Å². The molecular weight excluding hydrogens is 337 g/mol. The number of halogens is 2. The molecule has 3 N–H and O–H groups in total. The minimum Gasteiger partial charge on any atom is -0.508 e. The summed E-state index contributed by atoms with van der Waals surface area (Å²) < 4.78 is 0. The summed E-state index contributed by atoms with van der Waals surface area (Å²) in [5, 5.41) is 24.5. The first-order chi connectivity index (χ1) is 11.0. The third-order valence-corrected chi connectivity index (χ3v) is 3.34. The average Bonchev–Trinajstić information content (AvgIpc) is 2.52. The lowest BCUT2D eigenvalue weighted by atomic mass is 10.2. The second-order valence-electron chi connectivity index (χ2n) is 4.44. The Balaban J connectivity index is 2.10. The van der Waals surface area contributed by atoms with Crippen molar-refractivity contribution in [2.75, 3.05) is 10.6 Å². The van der Waals surface area contributed by atoms with Crippen molar-refractivity contribution in [3.63, 3.8) is 0 Å². The summed E-state index contributed by atoms with van der Waals surface area (Å²) in [6, 6.07) is 12.5. The highest BCUT2D eigenvalue weighted by atomic mass is 35.5. The van der Waals surface area contributed by atoms with Gasteiger partial charge in [-0.1, -0.05) is 23.2 Å². The summed E-state index contributed by atoms with van der Waals surface area (Å²) in [6.07, 6.45) is 1.25. The normalized spacial score (nSPS) is 10.7. The summed E-state index contributed by atoms with van der Waals surface area (Å²) >= 11 is 11.8. The molecule has 116 valence electrons. The lowest BCUT2D eigenvalue weighted by molar-refractivity contribution is -0.112. The maximum absolute atomic E-state index is 12.0. The minimum absolute atomic E-state index is 0.0816. The Bertz CT molecular complexity index is 796. The van der Waals surface area contributed by atoms with Crippen LogP contribution in [0, 0.1) is 11.3 Å². The van der Waals surface area contributed by atoms with Crippen LogP contribution in [0.25, 0.3) is 0 Å². The molecule has 0 atom stereocenters. The number of nitriles is 1. The van der Waals surface area contributed by atoms with E-state index < -0.39 is 5.91 Å². The van der Waals surface area contributed by atoms with E-state index in [-0.39, 0.29) is 11.3 Å². The van der Waals surface area contributed by atoms with E-state index in [4.69, 9.17) is 28.5 Å². The molecule has 2 rings (SSSR count). The molecule has 2 aromatic rings. The van der Waals surface area contributed by atoms with E-state index in [1.807, 2.05) is 0 Å². The van der Waals surface area contributed by atoms with Crippen LogP contribution in [-0.2, 0) is 4.79 Å². The molecule has 0 heterocycles. The van der Waals surface area contributed by atoms with Crippen LogP contribution in [0.15, 0.2) is 54.2 Å². The van der Waals surface area contributed by atoms with E-state index in [2.05, 4.69) is 10.6 Å². The molecule has 0 aliphatic carbocycles. The lowest BCUT2D eigenvalue weighted by Gasteiger charge is -2.06. The van der Waals surface area contributed by atoms with Crippen molar-refractivity contribution in [3.05, 3.63) is 64.3 Å². The number of benzene rings is 2. The Labute approximate surface area is 142 Å². The third kappa shape index (κ3) is 4.65. The van der Waals surface area contributed by atoms with Gasteiger partial charge in [0.2, 0.25) is 0 Å². The van der Waals surface area contributed by atoms with Crippen LogP contribution in [0.5, 0.6) is 5.75 Å². The van der Waals surface area contributed by atoms with Crippen LogP contribution >= 0.6 is 23.2 Å². The van der Waals surface area contributed by atoms with Crippen LogP contribution in [-0.4, -0.2) is 11.0 Å². The fraction of sp³-hybridized carbons (Fsp3) is 0. The largest absolute Gasteiger partial charge is 0.508 e. The molecule has 0 aromatic heterocycles. The molecule has 5 nitrogen and oxygen atoms in total. The third-order valence-electron chi connectivity index (χ3n) is 2.79. The number of aromatic hydroxyl groups is 1. The van der Waals surface area contributed by atoms with Gasteiger partial charge in [0.15, 0.2) is 0 Å². The number of nitrogens with one attached hydrogen (secondary N) is 2. The van der Waals surface area contributed by atoms with Gasteiger partial charge in [0, 0.05) is 16.9 Å². The SMILES string of the molecule is N#C/C(=C/Nc1ccc(Cl)cc1Cl)C(=O)Nc1ccc(O)cc1. The second kappa shape index (κ2) is 7.54. The lowest BCUT2D eigenvalue weighted by Crippen LogP contribution is -2.14. The van der Waals surface area contributed by atoms with Gasteiger partial charge >= 0.3 is 0 Å². The first-order valence-corrected chi connectivity index (χ1v) is 7.17. The Kier molecular flexibility index (Phi) is 5.47. The monoisotopic (exact) mass is 347 g/mol. The molecular formula is C16H11Cl2N3O2. The Morgan fingerprint density at radius 3 is 2.48 bits per heavy atom. The highest BCUT2D eigenvalue weighted by molar-refractivity contribution is 6.36. The van der Waals surface area contributed by atoms with Crippen LogP contribution in [0.4, 0.5) is 11.4 Å². The predicted molar refractivity (Wildman–Crippen MR) is 90.5 cm³/mol. The highest BCUT2D eigenvalue weighted by Crippen LogP contribution is 2.25. The van der Waals surface area contributed by atoms with Gasteiger partial charge in [0.1, 0.15) is 17.4 Å². The van der Waals surface area contributed by atoms with Gasteiger partial charge < -0.3 is 15.7 Å². The Morgan fingerprint density at radius 2 is 1.87 bits per heavy atom. The van der Waals surface area contributed by atoms with Crippen LogP contribution in [0.1, 0.15) is 0 Å². The summed E-state index contributed by atoms with van der Waals surface area (Å²) in [4.78, 5) is 12.0. The smallest absolute Gasteiger partial charge is 0.267 e. The first kappa shape index (κ1) is 16.7. The molecule has 1 amide bonds. The number of nitrogens with zero attached hydrogens (tertiary/aromatic N) is 1. The van der Waals surface area contributed by atoms with E-state index in [9.17, 15) is 9.90 Å². The van der Waals surface area contributed by atoms with E-state index in [1.165, 1.54) is 30.5 Å².